The highest BCUT2D eigenvalue weighted by Crippen LogP contribution is 2.22. The normalized spacial score (nSPS) is 16.6. The molecule has 0 saturated carbocycles. The first-order valence-corrected chi connectivity index (χ1v) is 9.21. The Morgan fingerprint density at radius 2 is 2.19 bits per heavy atom. The molecule has 0 bridgehead atoms. The van der Waals surface area contributed by atoms with Crippen LogP contribution < -0.4 is 4.74 Å². The van der Waals surface area contributed by atoms with Gasteiger partial charge in [0.25, 0.3) is 5.91 Å². The van der Waals surface area contributed by atoms with E-state index in [2.05, 4.69) is 10.2 Å². The second-order valence-corrected chi connectivity index (χ2v) is 6.79. The van der Waals surface area contributed by atoms with Crippen LogP contribution in [0, 0.1) is 0 Å². The van der Waals surface area contributed by atoms with E-state index in [4.69, 9.17) is 9.47 Å². The first-order chi connectivity index (χ1) is 13.2. The van der Waals surface area contributed by atoms with Crippen molar-refractivity contribution in [1.82, 2.24) is 15.1 Å². The number of ether oxygens (including phenoxy) is 2. The summed E-state index contributed by atoms with van der Waals surface area (Å²) < 4.78 is 11.1. The van der Waals surface area contributed by atoms with Crippen LogP contribution in [0.25, 0.3) is 10.9 Å². The van der Waals surface area contributed by atoms with Crippen molar-refractivity contribution in [1.29, 1.82) is 0 Å². The van der Waals surface area contributed by atoms with E-state index < -0.39 is 0 Å². The zero-order valence-corrected chi connectivity index (χ0v) is 15.4. The molecule has 0 aliphatic carbocycles. The molecular formula is C21H23N3O3. The summed E-state index contributed by atoms with van der Waals surface area (Å²) in [5.41, 5.74) is 2.33. The summed E-state index contributed by atoms with van der Waals surface area (Å²) in [6.45, 7) is 1.80. The summed E-state index contributed by atoms with van der Waals surface area (Å²) >= 11 is 0. The molecule has 1 aliphatic rings. The third-order valence-electron chi connectivity index (χ3n) is 4.92. The average Bonchev–Trinajstić information content (AvgIpc) is 3.37. The van der Waals surface area contributed by atoms with E-state index in [1.165, 1.54) is 0 Å². The van der Waals surface area contributed by atoms with Gasteiger partial charge in [-0.3, -0.25) is 9.89 Å². The highest BCUT2D eigenvalue weighted by molar-refractivity contribution is 6.04. The van der Waals surface area contributed by atoms with E-state index in [1.807, 2.05) is 53.4 Å². The number of nitrogens with one attached hydrogen (secondary N) is 1. The van der Waals surface area contributed by atoms with Crippen molar-refractivity contribution in [3.05, 3.63) is 59.8 Å². The fourth-order valence-electron chi connectivity index (χ4n) is 3.52. The predicted octanol–water partition coefficient (Wildman–Crippen LogP) is 3.39. The molecule has 0 radical (unpaired) electrons. The molecule has 3 aromatic rings. The molecule has 1 saturated heterocycles. The van der Waals surface area contributed by atoms with Crippen LogP contribution in [0.3, 0.4) is 0 Å². The molecule has 1 unspecified atom stereocenters. The third-order valence-corrected chi connectivity index (χ3v) is 4.92. The number of methoxy groups -OCH3 is 1. The van der Waals surface area contributed by atoms with Gasteiger partial charge in [0, 0.05) is 25.1 Å². The second kappa shape index (κ2) is 7.80. The van der Waals surface area contributed by atoms with Crippen molar-refractivity contribution in [3.63, 3.8) is 0 Å². The summed E-state index contributed by atoms with van der Waals surface area (Å²) in [6, 6.07) is 15.5. The topological polar surface area (TPSA) is 67.5 Å². The van der Waals surface area contributed by atoms with Gasteiger partial charge in [0.15, 0.2) is 5.69 Å². The zero-order chi connectivity index (χ0) is 18.6. The molecule has 2 aromatic carbocycles. The summed E-state index contributed by atoms with van der Waals surface area (Å²) in [4.78, 5) is 15.1. The minimum absolute atomic E-state index is 0.0739. The average molecular weight is 365 g/mol. The summed E-state index contributed by atoms with van der Waals surface area (Å²) in [7, 11) is 1.64. The van der Waals surface area contributed by atoms with Crippen LogP contribution in [0.1, 0.15) is 28.9 Å². The van der Waals surface area contributed by atoms with Gasteiger partial charge < -0.3 is 14.4 Å². The molecule has 1 amide bonds. The summed E-state index contributed by atoms with van der Waals surface area (Å²) in [5.74, 6) is 0.688. The number of amides is 1. The number of hydrogen-bond donors (Lipinski definition) is 1. The van der Waals surface area contributed by atoms with Gasteiger partial charge in [-0.15, -0.1) is 0 Å². The van der Waals surface area contributed by atoms with Crippen LogP contribution in [0.15, 0.2) is 48.5 Å². The largest absolute Gasteiger partial charge is 0.497 e. The lowest BCUT2D eigenvalue weighted by molar-refractivity contribution is 0.0504. The smallest absolute Gasteiger partial charge is 0.275 e. The fourth-order valence-corrected chi connectivity index (χ4v) is 3.52. The predicted molar refractivity (Wildman–Crippen MR) is 103 cm³/mol. The summed E-state index contributed by atoms with van der Waals surface area (Å²) in [5, 5.41) is 8.07. The highest BCUT2D eigenvalue weighted by Gasteiger charge is 2.26. The van der Waals surface area contributed by atoms with E-state index in [1.54, 1.807) is 7.11 Å². The second-order valence-electron chi connectivity index (χ2n) is 6.79. The number of nitrogens with zero attached hydrogens (tertiary/aromatic N) is 2. The third kappa shape index (κ3) is 3.80. The van der Waals surface area contributed by atoms with E-state index in [0.717, 1.165) is 41.7 Å². The van der Waals surface area contributed by atoms with Gasteiger partial charge in [0.1, 0.15) is 5.75 Å². The monoisotopic (exact) mass is 365 g/mol. The lowest BCUT2D eigenvalue weighted by Gasteiger charge is -2.25. The van der Waals surface area contributed by atoms with E-state index >= 15 is 0 Å². The molecule has 27 heavy (non-hydrogen) atoms. The zero-order valence-electron chi connectivity index (χ0n) is 15.4. The lowest BCUT2D eigenvalue weighted by atomic mass is 10.1. The molecule has 140 valence electrons. The Morgan fingerprint density at radius 1 is 1.30 bits per heavy atom. The van der Waals surface area contributed by atoms with Gasteiger partial charge in [-0.25, -0.2) is 0 Å². The Bertz CT molecular complexity index is 931. The van der Waals surface area contributed by atoms with Crippen molar-refractivity contribution < 1.29 is 14.3 Å². The number of H-pyrrole nitrogens is 1. The molecular weight excluding hydrogens is 342 g/mol. The number of aromatic amines is 1. The van der Waals surface area contributed by atoms with Gasteiger partial charge >= 0.3 is 0 Å². The van der Waals surface area contributed by atoms with Crippen LogP contribution in [0.5, 0.6) is 5.75 Å². The van der Waals surface area contributed by atoms with Gasteiger partial charge in [-0.2, -0.15) is 5.10 Å². The summed E-state index contributed by atoms with van der Waals surface area (Å²) in [6.07, 6.45) is 2.09. The lowest BCUT2D eigenvalue weighted by Crippen LogP contribution is -2.37. The molecule has 2 heterocycles. The van der Waals surface area contributed by atoms with Crippen molar-refractivity contribution in [2.45, 2.75) is 25.5 Å². The number of benzene rings is 2. The Morgan fingerprint density at radius 3 is 3.00 bits per heavy atom. The van der Waals surface area contributed by atoms with Crippen molar-refractivity contribution >= 4 is 16.8 Å². The van der Waals surface area contributed by atoms with Gasteiger partial charge in [0.2, 0.25) is 0 Å². The molecule has 1 aliphatic heterocycles. The maximum absolute atomic E-state index is 13.3. The number of rotatable bonds is 6. The Kier molecular flexibility index (Phi) is 5.07. The van der Waals surface area contributed by atoms with Gasteiger partial charge in [-0.05, 0) is 36.6 Å². The van der Waals surface area contributed by atoms with Gasteiger partial charge in [-0.1, -0.05) is 30.3 Å². The number of aromatic nitrogens is 2. The number of carbonyl (C=O) groups excluding carboxylic acids is 1. The molecule has 6 heteroatoms. The quantitative estimate of drug-likeness (QED) is 0.727. The highest BCUT2D eigenvalue weighted by atomic mass is 16.5. The molecule has 1 atom stereocenters. The number of fused-ring (bicyclic) bond motifs is 1. The van der Waals surface area contributed by atoms with Crippen LogP contribution in [-0.2, 0) is 11.3 Å². The standard InChI is InChI=1S/C21H23N3O3/c1-26-16-7-4-6-15(12-16)13-24(14-17-8-5-11-27-17)21(25)20-18-9-2-3-10-19(18)22-23-20/h2-4,6-7,9-10,12,17H,5,8,11,13-14H2,1H3,(H,22,23). The number of para-hydroxylation sites is 1. The molecule has 1 aromatic heterocycles. The van der Waals surface area contributed by atoms with Crippen molar-refractivity contribution in [3.8, 4) is 5.75 Å². The first-order valence-electron chi connectivity index (χ1n) is 9.21. The molecule has 0 spiro atoms. The number of hydrogen-bond acceptors (Lipinski definition) is 4. The van der Waals surface area contributed by atoms with Gasteiger partial charge in [0.05, 0.1) is 18.7 Å². The van der Waals surface area contributed by atoms with Crippen LogP contribution in [-0.4, -0.2) is 47.4 Å². The maximum atomic E-state index is 13.3. The minimum Gasteiger partial charge on any atom is -0.497 e. The van der Waals surface area contributed by atoms with Crippen molar-refractivity contribution in [2.24, 2.45) is 0 Å². The van der Waals surface area contributed by atoms with Crippen LogP contribution >= 0.6 is 0 Å². The maximum Gasteiger partial charge on any atom is 0.275 e. The molecule has 6 nitrogen and oxygen atoms in total. The van der Waals surface area contributed by atoms with Crippen LogP contribution in [0.4, 0.5) is 0 Å². The molecule has 1 N–H and O–H groups in total. The van der Waals surface area contributed by atoms with E-state index in [0.29, 0.717) is 18.8 Å². The van der Waals surface area contributed by atoms with E-state index in [-0.39, 0.29) is 12.0 Å². The van der Waals surface area contributed by atoms with Crippen molar-refractivity contribution in [2.75, 3.05) is 20.3 Å². The Hall–Kier alpha value is -2.86. The van der Waals surface area contributed by atoms with E-state index in [9.17, 15) is 4.79 Å². The molecule has 1 fully saturated rings. The number of carbonyl (C=O) groups is 1. The molecule has 4 rings (SSSR count). The first kappa shape index (κ1) is 17.5. The SMILES string of the molecule is COc1cccc(CN(CC2CCCO2)C(=O)c2n[nH]c3ccccc23)c1. The fraction of sp³-hybridized carbons (Fsp3) is 0.333. The Balaban J connectivity index is 1.62. The minimum atomic E-state index is -0.0919. The Labute approximate surface area is 158 Å². The van der Waals surface area contributed by atoms with Crippen LogP contribution in [0.2, 0.25) is 0 Å².